The van der Waals surface area contributed by atoms with Gasteiger partial charge < -0.3 is 24.8 Å². The molecular formula is C19H21N3O9. The zero-order chi connectivity index (χ0) is 23.3. The minimum atomic E-state index is -1.65. The zero-order valence-electron chi connectivity index (χ0n) is 17.0. The number of nitrogens with zero attached hydrogens (tertiary/aromatic N) is 2. The Hall–Kier alpha value is -3.96. The molecule has 1 saturated heterocycles. The molecule has 0 aromatic heterocycles. The van der Waals surface area contributed by atoms with Crippen LogP contribution in [-0.2, 0) is 24.0 Å². The van der Waals surface area contributed by atoms with Crippen molar-refractivity contribution in [1.29, 1.82) is 0 Å². The summed E-state index contributed by atoms with van der Waals surface area (Å²) in [5.41, 5.74) is -0.0287. The first-order chi connectivity index (χ1) is 14.5. The number of esters is 2. The summed E-state index contributed by atoms with van der Waals surface area (Å²) in [6.07, 6.45) is 0. The van der Waals surface area contributed by atoms with E-state index in [0.717, 1.165) is 19.9 Å². The van der Waals surface area contributed by atoms with Crippen LogP contribution in [0.5, 0.6) is 11.5 Å². The van der Waals surface area contributed by atoms with Crippen LogP contribution in [0.4, 0.5) is 4.79 Å². The third-order valence-electron chi connectivity index (χ3n) is 4.26. The highest BCUT2D eigenvalue weighted by Crippen LogP contribution is 2.31. The fourth-order valence-corrected chi connectivity index (χ4v) is 2.84. The lowest BCUT2D eigenvalue weighted by molar-refractivity contribution is -0.153. The lowest BCUT2D eigenvalue weighted by atomic mass is 10.1. The van der Waals surface area contributed by atoms with Crippen LogP contribution in [-0.4, -0.2) is 70.3 Å². The van der Waals surface area contributed by atoms with E-state index in [2.05, 4.69) is 5.32 Å². The molecule has 2 rings (SSSR count). The zero-order valence-corrected chi connectivity index (χ0v) is 17.0. The average molecular weight is 435 g/mol. The van der Waals surface area contributed by atoms with E-state index in [1.54, 1.807) is 6.92 Å². The molecule has 4 amide bonds. The van der Waals surface area contributed by atoms with Crippen molar-refractivity contribution in [2.24, 2.45) is 0 Å². The number of aliphatic carboxylic acids is 1. The molecule has 1 unspecified atom stereocenters. The lowest BCUT2D eigenvalue weighted by Crippen LogP contribution is -2.58. The number of carboxylic acid groups (broad SMARTS) is 1. The monoisotopic (exact) mass is 435 g/mol. The molecule has 1 atom stereocenters. The topological polar surface area (TPSA) is 160 Å². The van der Waals surface area contributed by atoms with Gasteiger partial charge in [-0.15, -0.1) is 0 Å². The van der Waals surface area contributed by atoms with E-state index in [9.17, 15) is 33.9 Å². The SMILES string of the molecule is CCN1CCN(C(=O)NC(C(=O)O)c2ccc(OC(C)=O)c(OC(C)=O)c2)C(=O)C1=O. The van der Waals surface area contributed by atoms with E-state index in [4.69, 9.17) is 9.47 Å². The van der Waals surface area contributed by atoms with Gasteiger partial charge in [-0.1, -0.05) is 6.07 Å². The number of urea groups is 1. The second-order valence-corrected chi connectivity index (χ2v) is 6.46. The van der Waals surface area contributed by atoms with Crippen molar-refractivity contribution in [1.82, 2.24) is 15.1 Å². The maximum Gasteiger partial charge on any atom is 0.330 e. The summed E-state index contributed by atoms with van der Waals surface area (Å²) in [6.45, 7) is 4.23. The van der Waals surface area contributed by atoms with Crippen molar-refractivity contribution in [2.75, 3.05) is 19.6 Å². The number of hydrogen-bond acceptors (Lipinski definition) is 8. The fourth-order valence-electron chi connectivity index (χ4n) is 2.84. The van der Waals surface area contributed by atoms with Gasteiger partial charge in [0.1, 0.15) is 0 Å². The fraction of sp³-hybridized carbons (Fsp3) is 0.368. The highest BCUT2D eigenvalue weighted by molar-refractivity contribution is 6.38. The molecule has 1 fully saturated rings. The Morgan fingerprint density at radius 2 is 1.65 bits per heavy atom. The Morgan fingerprint density at radius 1 is 1.03 bits per heavy atom. The third-order valence-corrected chi connectivity index (χ3v) is 4.26. The van der Waals surface area contributed by atoms with Gasteiger partial charge >= 0.3 is 35.8 Å². The molecule has 1 aliphatic heterocycles. The molecule has 0 spiro atoms. The minimum absolute atomic E-state index is 0.0287. The molecule has 1 aromatic carbocycles. The van der Waals surface area contributed by atoms with Crippen molar-refractivity contribution in [2.45, 2.75) is 26.8 Å². The van der Waals surface area contributed by atoms with Crippen molar-refractivity contribution >= 4 is 35.8 Å². The van der Waals surface area contributed by atoms with Crippen molar-refractivity contribution in [3.8, 4) is 11.5 Å². The summed E-state index contributed by atoms with van der Waals surface area (Å²) in [4.78, 5) is 72.9. The molecule has 0 radical (unpaired) electrons. The second-order valence-electron chi connectivity index (χ2n) is 6.46. The van der Waals surface area contributed by atoms with Crippen molar-refractivity contribution < 1.29 is 43.3 Å². The van der Waals surface area contributed by atoms with Gasteiger partial charge in [-0.2, -0.15) is 0 Å². The van der Waals surface area contributed by atoms with Crippen molar-refractivity contribution in [3.05, 3.63) is 23.8 Å². The average Bonchev–Trinajstić information content (AvgIpc) is 2.68. The van der Waals surface area contributed by atoms with E-state index >= 15 is 0 Å². The van der Waals surface area contributed by atoms with Gasteiger partial charge in [-0.3, -0.25) is 24.1 Å². The van der Waals surface area contributed by atoms with Crippen LogP contribution in [0.15, 0.2) is 18.2 Å². The van der Waals surface area contributed by atoms with Gasteiger partial charge in [0, 0.05) is 33.5 Å². The van der Waals surface area contributed by atoms with E-state index in [1.165, 1.54) is 17.0 Å². The molecule has 31 heavy (non-hydrogen) atoms. The summed E-state index contributed by atoms with van der Waals surface area (Å²) < 4.78 is 9.88. The number of benzene rings is 1. The lowest BCUT2D eigenvalue weighted by Gasteiger charge is -2.32. The first kappa shape index (κ1) is 23.3. The van der Waals surface area contributed by atoms with E-state index in [0.29, 0.717) is 11.4 Å². The van der Waals surface area contributed by atoms with E-state index in [-0.39, 0.29) is 30.2 Å². The van der Waals surface area contributed by atoms with Crippen LogP contribution < -0.4 is 14.8 Å². The summed E-state index contributed by atoms with van der Waals surface area (Å²) in [7, 11) is 0. The number of rotatable bonds is 6. The van der Waals surface area contributed by atoms with Crippen LogP contribution in [0.25, 0.3) is 0 Å². The van der Waals surface area contributed by atoms with Gasteiger partial charge in [0.15, 0.2) is 17.5 Å². The van der Waals surface area contributed by atoms with Crippen LogP contribution in [0.3, 0.4) is 0 Å². The number of hydrogen-bond donors (Lipinski definition) is 2. The Morgan fingerprint density at radius 3 is 2.19 bits per heavy atom. The van der Waals surface area contributed by atoms with Gasteiger partial charge in [-0.25, -0.2) is 9.59 Å². The number of amides is 4. The number of likely N-dealkylation sites (N-methyl/N-ethyl adjacent to an activating group) is 1. The Labute approximate surface area is 176 Å². The highest BCUT2D eigenvalue weighted by Gasteiger charge is 2.37. The van der Waals surface area contributed by atoms with Crippen LogP contribution in [0, 0.1) is 0 Å². The quantitative estimate of drug-likeness (QED) is 0.358. The first-order valence-corrected chi connectivity index (χ1v) is 9.20. The van der Waals surface area contributed by atoms with E-state index < -0.39 is 41.8 Å². The van der Waals surface area contributed by atoms with Gasteiger partial charge in [0.2, 0.25) is 0 Å². The van der Waals surface area contributed by atoms with Crippen LogP contribution in [0.1, 0.15) is 32.4 Å². The summed E-state index contributed by atoms with van der Waals surface area (Å²) in [5.74, 6) is -5.22. The molecule has 0 bridgehead atoms. The number of nitrogens with one attached hydrogen (secondary N) is 1. The molecule has 0 saturated carbocycles. The van der Waals surface area contributed by atoms with Gasteiger partial charge in [0.25, 0.3) is 0 Å². The molecule has 12 nitrogen and oxygen atoms in total. The maximum absolute atomic E-state index is 12.5. The number of ether oxygens (including phenoxy) is 2. The van der Waals surface area contributed by atoms with Crippen molar-refractivity contribution in [3.63, 3.8) is 0 Å². The Kier molecular flexibility index (Phi) is 7.29. The number of piperazine rings is 1. The second kappa shape index (κ2) is 9.69. The number of carboxylic acids is 1. The molecular weight excluding hydrogens is 414 g/mol. The number of carbonyl (C=O) groups excluding carboxylic acids is 5. The maximum atomic E-state index is 12.5. The normalized spacial score (nSPS) is 14.7. The smallest absolute Gasteiger partial charge is 0.330 e. The van der Waals surface area contributed by atoms with E-state index in [1.807, 2.05) is 0 Å². The standard InChI is InChI=1S/C19H21N3O9/c1-4-21-7-8-22(17(26)16(21)25)19(29)20-15(18(27)28)12-5-6-13(30-10(2)23)14(9-12)31-11(3)24/h5-6,9,15H,4,7-8H2,1-3H3,(H,20,29)(H,27,28). The molecule has 1 aliphatic rings. The molecule has 166 valence electrons. The third kappa shape index (κ3) is 5.56. The molecule has 1 aromatic rings. The van der Waals surface area contributed by atoms with Crippen LogP contribution in [0.2, 0.25) is 0 Å². The van der Waals surface area contributed by atoms with Crippen LogP contribution >= 0.6 is 0 Å². The highest BCUT2D eigenvalue weighted by atomic mass is 16.6. The minimum Gasteiger partial charge on any atom is -0.479 e. The molecule has 12 heteroatoms. The molecule has 2 N–H and O–H groups in total. The number of carbonyl (C=O) groups is 6. The number of imide groups is 1. The Bertz CT molecular complexity index is 944. The predicted octanol–water partition coefficient (Wildman–Crippen LogP) is 0.0632. The molecule has 0 aliphatic carbocycles. The summed E-state index contributed by atoms with van der Waals surface area (Å²) >= 11 is 0. The molecule has 1 heterocycles. The summed E-state index contributed by atoms with van der Waals surface area (Å²) in [6, 6.07) is 0.832. The summed E-state index contributed by atoms with van der Waals surface area (Å²) in [5, 5.41) is 11.7. The first-order valence-electron chi connectivity index (χ1n) is 9.20. The van der Waals surface area contributed by atoms with Gasteiger partial charge in [-0.05, 0) is 24.6 Å². The Balaban J connectivity index is 2.29. The van der Waals surface area contributed by atoms with Gasteiger partial charge in [0.05, 0.1) is 0 Å². The predicted molar refractivity (Wildman–Crippen MR) is 102 cm³/mol. The largest absolute Gasteiger partial charge is 0.479 e.